The van der Waals surface area contributed by atoms with Gasteiger partial charge >= 0.3 is 0 Å². The van der Waals surface area contributed by atoms with E-state index in [0.29, 0.717) is 10.7 Å². The van der Waals surface area contributed by atoms with Crippen molar-refractivity contribution in [2.45, 2.75) is 0 Å². The molecule has 0 fully saturated rings. The Morgan fingerprint density at radius 3 is 2.30 bits per heavy atom. The Hall–Kier alpha value is -2.92. The Morgan fingerprint density at radius 1 is 0.870 bits per heavy atom. The zero-order chi connectivity index (χ0) is 16.2. The van der Waals surface area contributed by atoms with Gasteiger partial charge in [-0.1, -0.05) is 36.4 Å². The average Bonchev–Trinajstić information content (AvgIpc) is 2.55. The molecule has 0 aliphatic rings. The Balaban J connectivity index is 1.75. The number of fused-ring (bicyclic) bond motifs is 1. The number of primary amides is 1. The molecule has 0 saturated carbocycles. The SMILES string of the molecule is NC(=O)c1ccc(NC(=S)Nc2cccc3ccccc23)cc1. The summed E-state index contributed by atoms with van der Waals surface area (Å²) in [6, 6.07) is 20.9. The summed E-state index contributed by atoms with van der Waals surface area (Å²) in [5.41, 5.74) is 7.41. The minimum atomic E-state index is -0.451. The van der Waals surface area contributed by atoms with E-state index in [1.807, 2.05) is 30.3 Å². The number of amides is 1. The van der Waals surface area contributed by atoms with Crippen LogP contribution in [0.5, 0.6) is 0 Å². The van der Waals surface area contributed by atoms with E-state index in [2.05, 4.69) is 22.8 Å². The first-order valence-corrected chi connectivity index (χ1v) is 7.50. The molecule has 23 heavy (non-hydrogen) atoms. The van der Waals surface area contributed by atoms with Crippen molar-refractivity contribution in [1.82, 2.24) is 0 Å². The highest BCUT2D eigenvalue weighted by atomic mass is 32.1. The molecule has 3 rings (SSSR count). The fourth-order valence-electron chi connectivity index (χ4n) is 2.34. The van der Waals surface area contributed by atoms with E-state index >= 15 is 0 Å². The average molecular weight is 321 g/mol. The minimum absolute atomic E-state index is 0.451. The van der Waals surface area contributed by atoms with E-state index in [4.69, 9.17) is 18.0 Å². The van der Waals surface area contributed by atoms with E-state index in [-0.39, 0.29) is 0 Å². The normalized spacial score (nSPS) is 10.3. The van der Waals surface area contributed by atoms with Gasteiger partial charge in [0.2, 0.25) is 5.91 Å². The van der Waals surface area contributed by atoms with E-state index in [0.717, 1.165) is 22.1 Å². The van der Waals surface area contributed by atoms with Crippen molar-refractivity contribution in [3.05, 3.63) is 72.3 Å². The van der Waals surface area contributed by atoms with Crippen LogP contribution < -0.4 is 16.4 Å². The second-order valence-corrected chi connectivity index (χ2v) is 5.46. The van der Waals surface area contributed by atoms with Crippen LogP contribution in [0.1, 0.15) is 10.4 Å². The van der Waals surface area contributed by atoms with Crippen LogP contribution in [0.25, 0.3) is 10.8 Å². The van der Waals surface area contributed by atoms with Crippen LogP contribution in [0.2, 0.25) is 0 Å². The first-order chi connectivity index (χ1) is 11.1. The predicted octanol–water partition coefficient (Wildman–Crippen LogP) is 3.75. The van der Waals surface area contributed by atoms with Crippen molar-refractivity contribution >= 4 is 45.4 Å². The Bertz CT molecular complexity index is 870. The zero-order valence-electron chi connectivity index (χ0n) is 12.2. The summed E-state index contributed by atoms with van der Waals surface area (Å²) in [5, 5.41) is 9.01. The molecule has 3 aromatic rings. The molecule has 0 spiro atoms. The maximum absolute atomic E-state index is 11.1. The third kappa shape index (κ3) is 3.46. The van der Waals surface area contributed by atoms with Crippen LogP contribution in [0.15, 0.2) is 66.7 Å². The van der Waals surface area contributed by atoms with E-state index in [1.54, 1.807) is 24.3 Å². The third-order valence-corrected chi connectivity index (χ3v) is 3.67. The second-order valence-electron chi connectivity index (χ2n) is 5.05. The molecule has 0 aliphatic heterocycles. The highest BCUT2D eigenvalue weighted by Gasteiger charge is 2.04. The maximum atomic E-state index is 11.1. The molecule has 0 heterocycles. The summed E-state index contributed by atoms with van der Waals surface area (Å²) < 4.78 is 0. The lowest BCUT2D eigenvalue weighted by molar-refractivity contribution is 0.100. The number of benzene rings is 3. The molecule has 0 bridgehead atoms. The molecule has 3 aromatic carbocycles. The Morgan fingerprint density at radius 2 is 1.57 bits per heavy atom. The summed E-state index contributed by atoms with van der Waals surface area (Å²) in [5.74, 6) is -0.451. The number of carbonyl (C=O) groups excluding carboxylic acids is 1. The summed E-state index contributed by atoms with van der Waals surface area (Å²) in [4.78, 5) is 11.1. The highest BCUT2D eigenvalue weighted by molar-refractivity contribution is 7.80. The van der Waals surface area contributed by atoms with Crippen LogP contribution in [0.3, 0.4) is 0 Å². The van der Waals surface area contributed by atoms with E-state index < -0.39 is 5.91 Å². The number of hydrogen-bond donors (Lipinski definition) is 3. The van der Waals surface area contributed by atoms with Crippen LogP contribution in [0, 0.1) is 0 Å². The lowest BCUT2D eigenvalue weighted by Crippen LogP contribution is -2.19. The van der Waals surface area contributed by atoms with Gasteiger partial charge in [0, 0.05) is 22.3 Å². The number of nitrogens with two attached hydrogens (primary N) is 1. The molecule has 0 aromatic heterocycles. The van der Waals surface area contributed by atoms with Crippen LogP contribution >= 0.6 is 12.2 Å². The van der Waals surface area contributed by atoms with Crippen molar-refractivity contribution in [2.75, 3.05) is 10.6 Å². The fraction of sp³-hybridized carbons (Fsp3) is 0. The third-order valence-electron chi connectivity index (χ3n) is 3.47. The monoisotopic (exact) mass is 321 g/mol. The topological polar surface area (TPSA) is 67.2 Å². The zero-order valence-corrected chi connectivity index (χ0v) is 13.1. The largest absolute Gasteiger partial charge is 0.366 e. The molecular weight excluding hydrogens is 306 g/mol. The van der Waals surface area contributed by atoms with E-state index in [9.17, 15) is 4.79 Å². The lowest BCUT2D eigenvalue weighted by atomic mass is 10.1. The molecular formula is C18H15N3OS. The Labute approximate surface area is 139 Å². The molecule has 0 saturated heterocycles. The number of anilines is 2. The van der Waals surface area contributed by atoms with Gasteiger partial charge in [-0.2, -0.15) is 0 Å². The van der Waals surface area contributed by atoms with Crippen molar-refractivity contribution < 1.29 is 4.79 Å². The smallest absolute Gasteiger partial charge is 0.248 e. The van der Waals surface area contributed by atoms with Crippen molar-refractivity contribution in [3.63, 3.8) is 0 Å². The molecule has 1 amide bonds. The molecule has 5 heteroatoms. The summed E-state index contributed by atoms with van der Waals surface area (Å²) in [6.07, 6.45) is 0. The van der Waals surface area contributed by atoms with Gasteiger partial charge < -0.3 is 16.4 Å². The van der Waals surface area contributed by atoms with Gasteiger partial charge in [0.25, 0.3) is 0 Å². The summed E-state index contributed by atoms with van der Waals surface area (Å²) in [7, 11) is 0. The van der Waals surface area contributed by atoms with Gasteiger partial charge in [-0.3, -0.25) is 4.79 Å². The van der Waals surface area contributed by atoms with E-state index in [1.165, 1.54) is 0 Å². The van der Waals surface area contributed by atoms with Crippen molar-refractivity contribution in [2.24, 2.45) is 5.73 Å². The molecule has 4 N–H and O–H groups in total. The van der Waals surface area contributed by atoms with Crippen LogP contribution in [-0.4, -0.2) is 11.0 Å². The molecule has 0 unspecified atom stereocenters. The lowest BCUT2D eigenvalue weighted by Gasteiger charge is -2.12. The summed E-state index contributed by atoms with van der Waals surface area (Å²) >= 11 is 5.35. The molecule has 114 valence electrons. The van der Waals surface area contributed by atoms with Gasteiger partial charge in [0.1, 0.15) is 0 Å². The number of carbonyl (C=O) groups is 1. The second kappa shape index (κ2) is 6.46. The predicted molar refractivity (Wildman–Crippen MR) is 98.8 cm³/mol. The molecule has 0 aliphatic carbocycles. The minimum Gasteiger partial charge on any atom is -0.366 e. The van der Waals surface area contributed by atoms with Gasteiger partial charge in [0.05, 0.1) is 0 Å². The van der Waals surface area contributed by atoms with Gasteiger partial charge in [-0.25, -0.2) is 0 Å². The standard InChI is InChI=1S/C18H15N3OS/c19-17(22)13-8-10-14(11-9-13)20-18(23)21-16-7-3-5-12-4-1-2-6-15(12)16/h1-11H,(H2,19,22)(H2,20,21,23). The quantitative estimate of drug-likeness (QED) is 0.643. The molecule has 0 atom stereocenters. The molecule has 4 nitrogen and oxygen atoms in total. The van der Waals surface area contributed by atoms with Gasteiger partial charge in [-0.15, -0.1) is 0 Å². The Kier molecular flexibility index (Phi) is 4.21. The van der Waals surface area contributed by atoms with Crippen LogP contribution in [-0.2, 0) is 0 Å². The van der Waals surface area contributed by atoms with Gasteiger partial charge in [-0.05, 0) is 47.9 Å². The molecule has 0 radical (unpaired) electrons. The van der Waals surface area contributed by atoms with Crippen molar-refractivity contribution in [1.29, 1.82) is 0 Å². The maximum Gasteiger partial charge on any atom is 0.248 e. The first-order valence-electron chi connectivity index (χ1n) is 7.09. The number of thiocarbonyl (C=S) groups is 1. The van der Waals surface area contributed by atoms with Gasteiger partial charge in [0.15, 0.2) is 5.11 Å². The number of nitrogens with one attached hydrogen (secondary N) is 2. The fourth-order valence-corrected chi connectivity index (χ4v) is 2.56. The first kappa shape index (κ1) is 15.0. The van der Waals surface area contributed by atoms with Crippen molar-refractivity contribution in [3.8, 4) is 0 Å². The number of hydrogen-bond acceptors (Lipinski definition) is 2. The summed E-state index contributed by atoms with van der Waals surface area (Å²) in [6.45, 7) is 0. The highest BCUT2D eigenvalue weighted by Crippen LogP contribution is 2.23. The van der Waals surface area contributed by atoms with Crippen LogP contribution in [0.4, 0.5) is 11.4 Å². The number of rotatable bonds is 3.